The Balaban J connectivity index is 0.00000392. The number of benzene rings is 2. The van der Waals surface area contributed by atoms with E-state index >= 15 is 0 Å². The molecule has 146 valence electrons. The molecule has 0 aliphatic heterocycles. The number of phenols is 1. The number of phenolic OH excluding ortho intramolecular Hbond substituents is 1. The minimum absolute atomic E-state index is 0. The number of hydrogen-bond acceptors (Lipinski definition) is 7. The third-order valence-corrected chi connectivity index (χ3v) is 3.80. The molecule has 2 aromatic rings. The van der Waals surface area contributed by atoms with Crippen LogP contribution in [0.25, 0.3) is 0 Å². The second kappa shape index (κ2) is 12.6. The smallest absolute Gasteiger partial charge is 0.546 e. The molecule has 2 rings (SSSR count). The maximum atomic E-state index is 10.4. The number of carbonyl (C=O) groups is 1. The van der Waals surface area contributed by atoms with Gasteiger partial charge in [-0.15, -0.1) is 0 Å². The van der Waals surface area contributed by atoms with E-state index in [1.54, 1.807) is 24.3 Å². The molecule has 0 heterocycles. The van der Waals surface area contributed by atoms with Crippen LogP contribution < -0.4 is 49.5 Å². The first kappa shape index (κ1) is 24.3. The van der Waals surface area contributed by atoms with Crippen LogP contribution in [0, 0.1) is 0 Å². The predicted molar refractivity (Wildman–Crippen MR) is 97.7 cm³/mol. The maximum absolute atomic E-state index is 10.4. The number of aliphatic carboxylic acids is 1. The van der Waals surface area contributed by atoms with E-state index in [0.717, 1.165) is 12.0 Å². The van der Waals surface area contributed by atoms with Crippen molar-refractivity contribution in [2.24, 2.45) is 0 Å². The summed E-state index contributed by atoms with van der Waals surface area (Å²) in [5.74, 6) is -0.0343. The summed E-state index contributed by atoms with van der Waals surface area (Å²) in [6.45, 7) is 2.07. The summed E-state index contributed by atoms with van der Waals surface area (Å²) in [7, 11) is 0. The Morgan fingerprint density at radius 3 is 2.25 bits per heavy atom. The summed E-state index contributed by atoms with van der Waals surface area (Å²) < 4.78 is 10.5. The molecule has 0 aliphatic rings. The molecule has 0 radical (unpaired) electrons. The molecule has 0 amide bonds. The number of nitrogens with one attached hydrogen (secondary N) is 1. The van der Waals surface area contributed by atoms with Gasteiger partial charge in [0.05, 0.1) is 5.97 Å². The molecule has 8 heteroatoms. The van der Waals surface area contributed by atoms with Crippen LogP contribution in [0.5, 0.6) is 17.2 Å². The number of aliphatic hydroxyl groups is 1. The van der Waals surface area contributed by atoms with E-state index in [1.807, 2.05) is 19.1 Å². The fourth-order valence-corrected chi connectivity index (χ4v) is 2.42. The van der Waals surface area contributed by atoms with Gasteiger partial charge in [0, 0.05) is 12.6 Å². The van der Waals surface area contributed by atoms with Crippen molar-refractivity contribution in [2.75, 3.05) is 19.8 Å². The molecular formula is C20H24NNaO6. The molecule has 0 fully saturated rings. The van der Waals surface area contributed by atoms with E-state index in [-0.39, 0.29) is 48.0 Å². The van der Waals surface area contributed by atoms with Crippen LogP contribution >= 0.6 is 0 Å². The Hall–Kier alpha value is -1.77. The number of aliphatic hydroxyl groups excluding tert-OH is 1. The number of rotatable bonds is 11. The molecule has 0 saturated heterocycles. The molecule has 0 saturated carbocycles. The van der Waals surface area contributed by atoms with Gasteiger partial charge in [0.15, 0.2) is 0 Å². The first-order valence-electron chi connectivity index (χ1n) is 8.67. The van der Waals surface area contributed by atoms with Crippen LogP contribution in [0.3, 0.4) is 0 Å². The zero-order valence-corrected chi connectivity index (χ0v) is 18.1. The van der Waals surface area contributed by atoms with Crippen LogP contribution in [0.1, 0.15) is 12.5 Å². The Morgan fingerprint density at radius 2 is 1.64 bits per heavy atom. The second-order valence-electron chi connectivity index (χ2n) is 6.28. The second-order valence-corrected chi connectivity index (χ2v) is 6.28. The Bertz CT molecular complexity index is 708. The first-order chi connectivity index (χ1) is 12.9. The van der Waals surface area contributed by atoms with E-state index in [9.17, 15) is 20.1 Å². The largest absolute Gasteiger partial charge is 1.00 e. The van der Waals surface area contributed by atoms with Gasteiger partial charge in [-0.1, -0.05) is 12.1 Å². The molecule has 0 bridgehead atoms. The van der Waals surface area contributed by atoms with Gasteiger partial charge in [0.1, 0.15) is 36.6 Å². The monoisotopic (exact) mass is 397 g/mol. The van der Waals surface area contributed by atoms with Gasteiger partial charge in [-0.25, -0.2) is 0 Å². The van der Waals surface area contributed by atoms with Gasteiger partial charge >= 0.3 is 29.6 Å². The van der Waals surface area contributed by atoms with Crippen LogP contribution in [-0.2, 0) is 11.2 Å². The van der Waals surface area contributed by atoms with Crippen molar-refractivity contribution in [3.63, 3.8) is 0 Å². The summed E-state index contributed by atoms with van der Waals surface area (Å²) in [5, 5.41) is 32.8. The Labute approximate surface area is 186 Å². The topological polar surface area (TPSA) is 111 Å². The van der Waals surface area contributed by atoms with Crippen molar-refractivity contribution < 1.29 is 59.1 Å². The minimum atomic E-state index is -1.26. The average molecular weight is 397 g/mol. The first-order valence-corrected chi connectivity index (χ1v) is 8.67. The zero-order chi connectivity index (χ0) is 19.6. The third-order valence-electron chi connectivity index (χ3n) is 3.80. The van der Waals surface area contributed by atoms with Gasteiger partial charge in [-0.05, 0) is 55.3 Å². The average Bonchev–Trinajstić information content (AvgIpc) is 2.65. The quantitative estimate of drug-likeness (QED) is 0.359. The predicted octanol–water partition coefficient (Wildman–Crippen LogP) is -2.51. The fourth-order valence-electron chi connectivity index (χ4n) is 2.42. The van der Waals surface area contributed by atoms with Gasteiger partial charge in [0.25, 0.3) is 0 Å². The summed E-state index contributed by atoms with van der Waals surface area (Å²) in [6.07, 6.45) is 0.0772. The SMILES string of the molecule is CC(Cc1ccc(OCC(=O)[O-])cc1)NCC(O)COc1ccc(O)cc1.[Na+]. The van der Waals surface area contributed by atoms with Gasteiger partial charge in [-0.2, -0.15) is 0 Å². The molecular weight excluding hydrogens is 373 g/mol. The van der Waals surface area contributed by atoms with Crippen molar-refractivity contribution in [1.29, 1.82) is 0 Å². The summed E-state index contributed by atoms with van der Waals surface area (Å²) in [5.41, 5.74) is 1.06. The van der Waals surface area contributed by atoms with Gasteiger partial charge in [0.2, 0.25) is 0 Å². The molecule has 3 N–H and O–H groups in total. The van der Waals surface area contributed by atoms with Crippen molar-refractivity contribution in [3.05, 3.63) is 54.1 Å². The van der Waals surface area contributed by atoms with Crippen LogP contribution in [0.2, 0.25) is 0 Å². The number of carboxylic acids is 1. The number of hydrogen-bond donors (Lipinski definition) is 3. The van der Waals surface area contributed by atoms with E-state index in [0.29, 0.717) is 18.0 Å². The van der Waals surface area contributed by atoms with E-state index in [1.165, 1.54) is 12.1 Å². The van der Waals surface area contributed by atoms with Crippen molar-refractivity contribution in [3.8, 4) is 17.2 Å². The molecule has 2 aromatic carbocycles. The number of carboxylic acid groups (broad SMARTS) is 1. The Kier molecular flexibility index (Phi) is 11.0. The zero-order valence-electron chi connectivity index (χ0n) is 16.1. The van der Waals surface area contributed by atoms with Crippen LogP contribution in [0.4, 0.5) is 0 Å². The Morgan fingerprint density at radius 1 is 1.07 bits per heavy atom. The molecule has 2 unspecified atom stereocenters. The summed E-state index contributed by atoms with van der Waals surface area (Å²) >= 11 is 0. The van der Waals surface area contributed by atoms with Crippen LogP contribution in [0.15, 0.2) is 48.5 Å². The maximum Gasteiger partial charge on any atom is 1.00 e. The minimum Gasteiger partial charge on any atom is -0.546 e. The molecule has 2 atom stereocenters. The molecule has 0 spiro atoms. The number of ether oxygens (including phenoxy) is 2. The fraction of sp³-hybridized carbons (Fsp3) is 0.350. The van der Waals surface area contributed by atoms with Crippen molar-refractivity contribution in [2.45, 2.75) is 25.5 Å². The normalized spacial score (nSPS) is 12.5. The van der Waals surface area contributed by atoms with Crippen molar-refractivity contribution >= 4 is 5.97 Å². The number of aromatic hydroxyl groups is 1. The molecule has 28 heavy (non-hydrogen) atoms. The van der Waals surface area contributed by atoms with Gasteiger partial charge < -0.3 is 34.9 Å². The van der Waals surface area contributed by atoms with Crippen molar-refractivity contribution in [1.82, 2.24) is 5.32 Å². The van der Waals surface area contributed by atoms with Gasteiger partial charge in [-0.3, -0.25) is 0 Å². The number of carbonyl (C=O) groups excluding carboxylic acids is 1. The van der Waals surface area contributed by atoms with E-state index in [4.69, 9.17) is 9.47 Å². The van der Waals surface area contributed by atoms with E-state index in [2.05, 4.69) is 5.32 Å². The summed E-state index contributed by atoms with van der Waals surface area (Å²) in [4.78, 5) is 10.4. The third kappa shape index (κ3) is 9.43. The standard InChI is InChI=1S/C20H25NO6.Na/c1-14(10-15-2-6-18(7-3-15)27-13-20(24)25)21-11-17(23)12-26-19-8-4-16(22)5-9-19;/h2-9,14,17,21-23H,10-13H2,1H3,(H,24,25);/q;+1/p-1. The van der Waals surface area contributed by atoms with Crippen LogP contribution in [-0.4, -0.2) is 48.1 Å². The molecule has 0 aromatic heterocycles. The summed E-state index contributed by atoms with van der Waals surface area (Å²) in [6, 6.07) is 13.6. The molecule has 7 nitrogen and oxygen atoms in total. The molecule has 0 aliphatic carbocycles. The van der Waals surface area contributed by atoms with E-state index < -0.39 is 18.7 Å².